The quantitative estimate of drug-likeness (QED) is 0.836. The van der Waals surface area contributed by atoms with Crippen molar-refractivity contribution in [3.63, 3.8) is 0 Å². The Morgan fingerprint density at radius 1 is 1.50 bits per heavy atom. The van der Waals surface area contributed by atoms with Crippen LogP contribution in [0.4, 0.5) is 5.69 Å². The number of hydrogen-bond donors (Lipinski definition) is 1. The fourth-order valence-corrected chi connectivity index (χ4v) is 2.54. The van der Waals surface area contributed by atoms with Gasteiger partial charge in [0.1, 0.15) is 5.69 Å². The van der Waals surface area contributed by atoms with E-state index >= 15 is 0 Å². The van der Waals surface area contributed by atoms with E-state index in [2.05, 4.69) is 0 Å². The zero-order valence-corrected chi connectivity index (χ0v) is 11.2. The van der Waals surface area contributed by atoms with Gasteiger partial charge >= 0.3 is 5.97 Å². The second-order valence-corrected chi connectivity index (χ2v) is 5.41. The summed E-state index contributed by atoms with van der Waals surface area (Å²) in [6.07, 6.45) is 6.67. The zero-order valence-electron chi connectivity index (χ0n) is 11.2. The minimum absolute atomic E-state index is 0.205. The summed E-state index contributed by atoms with van der Waals surface area (Å²) in [6, 6.07) is 1.90. The lowest BCUT2D eigenvalue weighted by Gasteiger charge is -2.13. The van der Waals surface area contributed by atoms with Crippen LogP contribution in [0.5, 0.6) is 0 Å². The molecule has 0 atom stereocenters. The maximum Gasteiger partial charge on any atom is 0.355 e. The van der Waals surface area contributed by atoms with Crippen molar-refractivity contribution < 1.29 is 9.53 Å². The second-order valence-electron chi connectivity index (χ2n) is 5.41. The first-order valence-corrected chi connectivity index (χ1v) is 6.72. The van der Waals surface area contributed by atoms with Crippen molar-refractivity contribution in [2.75, 3.05) is 12.3 Å². The molecule has 0 aliphatic heterocycles. The predicted octanol–water partition coefficient (Wildman–Crippen LogP) is 3.00. The van der Waals surface area contributed by atoms with Gasteiger partial charge in [0.2, 0.25) is 0 Å². The minimum Gasteiger partial charge on any atom is -0.461 e. The highest BCUT2D eigenvalue weighted by atomic mass is 16.5. The maximum absolute atomic E-state index is 12.0. The smallest absolute Gasteiger partial charge is 0.355 e. The summed E-state index contributed by atoms with van der Waals surface area (Å²) < 4.78 is 7.27. The topological polar surface area (TPSA) is 57.2 Å². The van der Waals surface area contributed by atoms with E-state index in [1.807, 2.05) is 18.4 Å². The molecule has 100 valence electrons. The summed E-state index contributed by atoms with van der Waals surface area (Å²) in [5.74, 6) is 0.293. The predicted molar refractivity (Wildman–Crippen MR) is 71.5 cm³/mol. The number of anilines is 1. The van der Waals surface area contributed by atoms with Gasteiger partial charge in [-0.2, -0.15) is 0 Å². The number of esters is 1. The Morgan fingerprint density at radius 3 is 2.78 bits per heavy atom. The third-order valence-corrected chi connectivity index (χ3v) is 3.56. The standard InChI is InChI=1S/C14H22N2O2/c1-10(2)16-8-12(15)7-13(16)14(17)18-9-11-5-3-4-6-11/h7-8,10-11H,3-6,9,15H2,1-2H3. The van der Waals surface area contributed by atoms with Crippen LogP contribution in [0.15, 0.2) is 12.3 Å². The van der Waals surface area contributed by atoms with Crippen LogP contribution < -0.4 is 5.73 Å². The Kier molecular flexibility index (Phi) is 3.94. The number of hydrogen-bond acceptors (Lipinski definition) is 3. The third-order valence-electron chi connectivity index (χ3n) is 3.56. The molecule has 1 aliphatic rings. The van der Waals surface area contributed by atoms with Gasteiger partial charge in [-0.3, -0.25) is 0 Å². The summed E-state index contributed by atoms with van der Waals surface area (Å²) in [7, 11) is 0. The minimum atomic E-state index is -0.257. The molecule has 0 spiro atoms. The SMILES string of the molecule is CC(C)n1cc(N)cc1C(=O)OCC1CCCC1. The average Bonchev–Trinajstić information content (AvgIpc) is 2.94. The largest absolute Gasteiger partial charge is 0.461 e. The number of nitrogens with two attached hydrogens (primary N) is 1. The van der Waals surface area contributed by atoms with E-state index in [1.54, 1.807) is 12.3 Å². The van der Waals surface area contributed by atoms with Crippen LogP contribution in [-0.2, 0) is 4.74 Å². The molecule has 18 heavy (non-hydrogen) atoms. The van der Waals surface area contributed by atoms with Crippen molar-refractivity contribution in [3.8, 4) is 0 Å². The number of rotatable bonds is 4. The molecular formula is C14H22N2O2. The molecule has 0 saturated heterocycles. The molecule has 1 aromatic heterocycles. The Hall–Kier alpha value is -1.45. The highest BCUT2D eigenvalue weighted by molar-refractivity contribution is 5.89. The van der Waals surface area contributed by atoms with Crippen molar-refractivity contribution >= 4 is 11.7 Å². The molecule has 2 N–H and O–H groups in total. The van der Waals surface area contributed by atoms with Gasteiger partial charge < -0.3 is 15.0 Å². The van der Waals surface area contributed by atoms with Crippen molar-refractivity contribution in [1.82, 2.24) is 4.57 Å². The monoisotopic (exact) mass is 250 g/mol. The molecule has 1 fully saturated rings. The van der Waals surface area contributed by atoms with Crippen LogP contribution in [0.3, 0.4) is 0 Å². The van der Waals surface area contributed by atoms with Crippen LogP contribution in [-0.4, -0.2) is 17.1 Å². The van der Waals surface area contributed by atoms with Crippen molar-refractivity contribution in [2.45, 2.75) is 45.6 Å². The van der Waals surface area contributed by atoms with E-state index in [4.69, 9.17) is 10.5 Å². The van der Waals surface area contributed by atoms with Crippen LogP contribution in [0.25, 0.3) is 0 Å². The first kappa shape index (κ1) is 13.0. The van der Waals surface area contributed by atoms with Crippen LogP contribution >= 0.6 is 0 Å². The van der Waals surface area contributed by atoms with E-state index < -0.39 is 0 Å². The fraction of sp³-hybridized carbons (Fsp3) is 0.643. The van der Waals surface area contributed by atoms with Crippen LogP contribution in [0.2, 0.25) is 0 Å². The summed E-state index contributed by atoms with van der Waals surface area (Å²) in [4.78, 5) is 12.0. The van der Waals surface area contributed by atoms with E-state index in [-0.39, 0.29) is 12.0 Å². The number of nitrogen functional groups attached to an aromatic ring is 1. The molecular weight excluding hydrogens is 228 g/mol. The molecule has 0 aromatic carbocycles. The molecule has 1 heterocycles. The molecule has 0 bridgehead atoms. The highest BCUT2D eigenvalue weighted by Crippen LogP contribution is 2.25. The molecule has 4 heteroatoms. The maximum atomic E-state index is 12.0. The summed E-state index contributed by atoms with van der Waals surface area (Å²) >= 11 is 0. The average molecular weight is 250 g/mol. The lowest BCUT2D eigenvalue weighted by Crippen LogP contribution is -2.16. The zero-order chi connectivity index (χ0) is 13.1. The Morgan fingerprint density at radius 2 is 2.17 bits per heavy atom. The van der Waals surface area contributed by atoms with Gasteiger partial charge in [0, 0.05) is 12.2 Å². The van der Waals surface area contributed by atoms with Crippen molar-refractivity contribution in [1.29, 1.82) is 0 Å². The van der Waals surface area contributed by atoms with Crippen LogP contribution in [0.1, 0.15) is 56.1 Å². The lowest BCUT2D eigenvalue weighted by molar-refractivity contribution is 0.0428. The van der Waals surface area contributed by atoms with Crippen molar-refractivity contribution in [2.24, 2.45) is 5.92 Å². The van der Waals surface area contributed by atoms with Gasteiger partial charge in [0.15, 0.2) is 0 Å². The number of carbonyl (C=O) groups excluding carboxylic acids is 1. The summed E-state index contributed by atoms with van der Waals surface area (Å²) in [6.45, 7) is 4.59. The number of aromatic nitrogens is 1. The Bertz CT molecular complexity index is 417. The first-order valence-electron chi connectivity index (χ1n) is 6.72. The molecule has 1 saturated carbocycles. The third kappa shape index (κ3) is 2.86. The molecule has 1 aliphatic carbocycles. The molecule has 0 radical (unpaired) electrons. The molecule has 0 amide bonds. The van der Waals surface area contributed by atoms with E-state index in [9.17, 15) is 4.79 Å². The van der Waals surface area contributed by atoms with Crippen LogP contribution in [0, 0.1) is 5.92 Å². The Labute approximate surface area is 108 Å². The normalized spacial score (nSPS) is 16.4. The van der Waals surface area contributed by atoms with Crippen molar-refractivity contribution in [3.05, 3.63) is 18.0 Å². The van der Waals surface area contributed by atoms with Gasteiger partial charge in [-0.1, -0.05) is 12.8 Å². The summed E-state index contributed by atoms with van der Waals surface area (Å²) in [5, 5.41) is 0. The van der Waals surface area contributed by atoms with Gasteiger partial charge in [-0.15, -0.1) is 0 Å². The highest BCUT2D eigenvalue weighted by Gasteiger charge is 2.20. The second kappa shape index (κ2) is 5.46. The number of ether oxygens (including phenoxy) is 1. The fourth-order valence-electron chi connectivity index (χ4n) is 2.54. The first-order chi connectivity index (χ1) is 8.58. The lowest BCUT2D eigenvalue weighted by atomic mass is 10.1. The van der Waals surface area contributed by atoms with Gasteiger partial charge in [0.05, 0.1) is 12.3 Å². The Balaban J connectivity index is 1.99. The number of nitrogens with zero attached hydrogens (tertiary/aromatic N) is 1. The number of carbonyl (C=O) groups is 1. The van der Waals surface area contributed by atoms with E-state index in [0.29, 0.717) is 23.9 Å². The summed E-state index contributed by atoms with van der Waals surface area (Å²) in [5.41, 5.74) is 6.91. The van der Waals surface area contributed by atoms with E-state index in [1.165, 1.54) is 25.7 Å². The van der Waals surface area contributed by atoms with Gasteiger partial charge in [0.25, 0.3) is 0 Å². The molecule has 2 rings (SSSR count). The molecule has 0 unspecified atom stereocenters. The molecule has 4 nitrogen and oxygen atoms in total. The van der Waals surface area contributed by atoms with Gasteiger partial charge in [-0.25, -0.2) is 4.79 Å². The molecule has 1 aromatic rings. The van der Waals surface area contributed by atoms with Gasteiger partial charge in [-0.05, 0) is 38.7 Å². The van der Waals surface area contributed by atoms with E-state index in [0.717, 1.165) is 0 Å².